The van der Waals surface area contributed by atoms with Gasteiger partial charge in [-0.2, -0.15) is 0 Å². The molecule has 0 aliphatic heterocycles. The van der Waals surface area contributed by atoms with Crippen molar-refractivity contribution in [1.29, 1.82) is 0 Å². The SMILES string of the molecule is Cc1ccc(S(=O)(=O)NCCOc2ccc3c(c2)C(Cc2ccc(Cl)cc2Cl)C(N)CC3)s1.Cl. The molecule has 0 amide bonds. The summed E-state index contributed by atoms with van der Waals surface area (Å²) >= 11 is 13.7. The van der Waals surface area contributed by atoms with Crippen molar-refractivity contribution < 1.29 is 13.2 Å². The number of hydrogen-bond donors (Lipinski definition) is 2. The van der Waals surface area contributed by atoms with Crippen LogP contribution in [0.4, 0.5) is 0 Å². The van der Waals surface area contributed by atoms with Crippen LogP contribution >= 0.6 is 46.9 Å². The highest BCUT2D eigenvalue weighted by molar-refractivity contribution is 7.91. The molecule has 2 aromatic carbocycles. The number of ether oxygens (including phenoxy) is 1. The van der Waals surface area contributed by atoms with Gasteiger partial charge in [-0.15, -0.1) is 23.7 Å². The maximum Gasteiger partial charge on any atom is 0.250 e. The van der Waals surface area contributed by atoms with Gasteiger partial charge in [-0.1, -0.05) is 35.3 Å². The summed E-state index contributed by atoms with van der Waals surface area (Å²) in [4.78, 5) is 0.952. The van der Waals surface area contributed by atoms with Crippen LogP contribution in [0.5, 0.6) is 5.75 Å². The third-order valence-electron chi connectivity index (χ3n) is 5.88. The molecular weight excluding hydrogens is 535 g/mol. The van der Waals surface area contributed by atoms with Crippen molar-refractivity contribution in [3.63, 3.8) is 0 Å². The minimum absolute atomic E-state index is 0. The van der Waals surface area contributed by atoms with Crippen LogP contribution in [0, 0.1) is 6.92 Å². The average molecular weight is 562 g/mol. The molecule has 0 fully saturated rings. The van der Waals surface area contributed by atoms with Crippen molar-refractivity contribution >= 4 is 57.0 Å². The zero-order chi connectivity index (χ0) is 23.6. The molecule has 4 rings (SSSR count). The fourth-order valence-electron chi connectivity index (χ4n) is 4.15. The number of aryl methyl sites for hydroxylation is 2. The zero-order valence-electron chi connectivity index (χ0n) is 18.6. The molecule has 1 aliphatic carbocycles. The number of nitrogens with one attached hydrogen (secondary N) is 1. The lowest BCUT2D eigenvalue weighted by atomic mass is 9.76. The van der Waals surface area contributed by atoms with Gasteiger partial charge in [0.15, 0.2) is 0 Å². The molecule has 3 aromatic rings. The molecule has 0 saturated carbocycles. The van der Waals surface area contributed by atoms with Crippen LogP contribution in [-0.4, -0.2) is 27.6 Å². The van der Waals surface area contributed by atoms with Gasteiger partial charge in [0.25, 0.3) is 0 Å². The molecule has 1 aromatic heterocycles. The Morgan fingerprint density at radius 1 is 1.15 bits per heavy atom. The predicted molar refractivity (Wildman–Crippen MR) is 143 cm³/mol. The van der Waals surface area contributed by atoms with Gasteiger partial charge in [0.2, 0.25) is 10.0 Å². The Morgan fingerprint density at radius 2 is 1.94 bits per heavy atom. The number of nitrogens with two attached hydrogens (primary N) is 1. The summed E-state index contributed by atoms with van der Waals surface area (Å²) in [5, 5.41) is 1.25. The van der Waals surface area contributed by atoms with E-state index in [1.807, 2.05) is 31.2 Å². The second kappa shape index (κ2) is 11.6. The molecule has 2 unspecified atom stereocenters. The normalized spacial score (nSPS) is 17.6. The van der Waals surface area contributed by atoms with E-state index in [9.17, 15) is 8.42 Å². The van der Waals surface area contributed by atoms with Crippen LogP contribution in [-0.2, 0) is 22.9 Å². The van der Waals surface area contributed by atoms with Crippen molar-refractivity contribution in [3.05, 3.63) is 80.1 Å². The molecule has 5 nitrogen and oxygen atoms in total. The van der Waals surface area contributed by atoms with E-state index in [1.54, 1.807) is 18.2 Å². The lowest BCUT2D eigenvalue weighted by Gasteiger charge is -2.32. The van der Waals surface area contributed by atoms with Gasteiger partial charge in [0, 0.05) is 33.4 Å². The smallest absolute Gasteiger partial charge is 0.250 e. The Balaban J connectivity index is 0.00000324. The molecule has 0 radical (unpaired) electrons. The Hall–Kier alpha value is -1.32. The summed E-state index contributed by atoms with van der Waals surface area (Å²) in [5.74, 6) is 0.803. The van der Waals surface area contributed by atoms with Crippen LogP contribution < -0.4 is 15.2 Å². The summed E-state index contributed by atoms with van der Waals surface area (Å²) in [5.41, 5.74) is 9.94. The van der Waals surface area contributed by atoms with E-state index in [2.05, 4.69) is 10.8 Å². The van der Waals surface area contributed by atoms with Crippen molar-refractivity contribution in [2.75, 3.05) is 13.2 Å². The predicted octanol–water partition coefficient (Wildman–Crippen LogP) is 5.74. The Morgan fingerprint density at radius 3 is 2.65 bits per heavy atom. The molecule has 0 bridgehead atoms. The Bertz CT molecular complexity index is 1250. The molecular formula is C24H27Cl3N2O3S2. The van der Waals surface area contributed by atoms with Gasteiger partial charge in [0.05, 0.1) is 0 Å². The number of halogens is 3. The van der Waals surface area contributed by atoms with Gasteiger partial charge >= 0.3 is 0 Å². The Labute approximate surface area is 221 Å². The van der Waals surface area contributed by atoms with E-state index in [1.165, 1.54) is 16.9 Å². The Kier molecular flexibility index (Phi) is 9.31. The second-order valence-electron chi connectivity index (χ2n) is 8.22. The third-order valence-corrected chi connectivity index (χ3v) is 9.42. The molecule has 3 N–H and O–H groups in total. The summed E-state index contributed by atoms with van der Waals surface area (Å²) < 4.78 is 33.5. The molecule has 1 aliphatic rings. The third kappa shape index (κ3) is 6.46. The van der Waals surface area contributed by atoms with E-state index >= 15 is 0 Å². The molecule has 2 atom stereocenters. The molecule has 0 spiro atoms. The minimum atomic E-state index is -3.52. The fraction of sp³-hybridized carbons (Fsp3) is 0.333. The second-order valence-corrected chi connectivity index (χ2v) is 12.3. The van der Waals surface area contributed by atoms with E-state index < -0.39 is 10.0 Å². The number of benzene rings is 2. The van der Waals surface area contributed by atoms with Gasteiger partial charge in [-0.25, -0.2) is 13.1 Å². The molecule has 10 heteroatoms. The van der Waals surface area contributed by atoms with Crippen LogP contribution in [0.25, 0.3) is 0 Å². The summed E-state index contributed by atoms with van der Waals surface area (Å²) in [6, 6.07) is 15.0. The monoisotopic (exact) mass is 560 g/mol. The van der Waals surface area contributed by atoms with Crippen LogP contribution in [0.2, 0.25) is 10.0 Å². The van der Waals surface area contributed by atoms with E-state index in [0.717, 1.165) is 28.8 Å². The molecule has 184 valence electrons. The highest BCUT2D eigenvalue weighted by Crippen LogP contribution is 2.37. The van der Waals surface area contributed by atoms with Crippen LogP contribution in [0.15, 0.2) is 52.7 Å². The van der Waals surface area contributed by atoms with Crippen molar-refractivity contribution in [1.82, 2.24) is 4.72 Å². The highest BCUT2D eigenvalue weighted by atomic mass is 35.5. The number of fused-ring (bicyclic) bond motifs is 1. The summed E-state index contributed by atoms with van der Waals surface area (Å²) in [7, 11) is -3.52. The van der Waals surface area contributed by atoms with E-state index in [0.29, 0.717) is 26.4 Å². The standard InChI is InChI=1S/C24H26Cl2N2O3S2.ClH/c1-15-2-9-24(32-15)33(29,30)28-10-11-31-19-7-4-16-5-8-23(27)21(20(16)14-19)12-17-3-6-18(25)13-22(17)26;/h2-4,6-7,9,13-14,21,23,28H,5,8,10-12,27H2,1H3;1H. The maximum absolute atomic E-state index is 12.4. The van der Waals surface area contributed by atoms with Gasteiger partial charge in [-0.3, -0.25) is 0 Å². The number of rotatable bonds is 8. The average Bonchev–Trinajstić information content (AvgIpc) is 3.22. The van der Waals surface area contributed by atoms with E-state index in [4.69, 9.17) is 33.7 Å². The van der Waals surface area contributed by atoms with Crippen LogP contribution in [0.1, 0.15) is 33.9 Å². The number of sulfonamides is 1. The van der Waals surface area contributed by atoms with Gasteiger partial charge in [0.1, 0.15) is 16.6 Å². The molecule has 1 heterocycles. The maximum atomic E-state index is 12.4. The number of hydrogen-bond acceptors (Lipinski definition) is 5. The van der Waals surface area contributed by atoms with Crippen molar-refractivity contribution in [2.24, 2.45) is 5.73 Å². The fourth-order valence-corrected chi connectivity index (χ4v) is 6.97. The zero-order valence-corrected chi connectivity index (χ0v) is 22.6. The molecule has 0 saturated heterocycles. The lowest BCUT2D eigenvalue weighted by molar-refractivity contribution is 0.321. The first-order valence-electron chi connectivity index (χ1n) is 10.7. The first-order valence-corrected chi connectivity index (χ1v) is 13.8. The minimum Gasteiger partial charge on any atom is -0.492 e. The van der Waals surface area contributed by atoms with E-state index in [-0.39, 0.29) is 37.5 Å². The lowest BCUT2D eigenvalue weighted by Crippen LogP contribution is -2.34. The first kappa shape index (κ1) is 27.3. The summed E-state index contributed by atoms with van der Waals surface area (Å²) in [6.45, 7) is 2.28. The quantitative estimate of drug-likeness (QED) is 0.344. The van der Waals surface area contributed by atoms with Gasteiger partial charge < -0.3 is 10.5 Å². The van der Waals surface area contributed by atoms with Crippen LogP contribution in [0.3, 0.4) is 0 Å². The van der Waals surface area contributed by atoms with Crippen molar-refractivity contribution in [3.8, 4) is 5.75 Å². The molecule has 34 heavy (non-hydrogen) atoms. The number of thiophene rings is 1. The van der Waals surface area contributed by atoms with Crippen molar-refractivity contribution in [2.45, 2.75) is 42.4 Å². The topological polar surface area (TPSA) is 81.4 Å². The first-order chi connectivity index (χ1) is 15.7. The van der Waals surface area contributed by atoms with Gasteiger partial charge in [-0.05, 0) is 79.3 Å². The highest BCUT2D eigenvalue weighted by Gasteiger charge is 2.28. The largest absolute Gasteiger partial charge is 0.492 e. The summed E-state index contributed by atoms with van der Waals surface area (Å²) in [6.07, 6.45) is 2.54.